The van der Waals surface area contributed by atoms with Gasteiger partial charge in [0.2, 0.25) is 5.91 Å². The van der Waals surface area contributed by atoms with Crippen molar-refractivity contribution in [3.63, 3.8) is 0 Å². The second-order valence-corrected chi connectivity index (χ2v) is 8.56. The quantitative estimate of drug-likeness (QED) is 0.813. The predicted octanol–water partition coefficient (Wildman–Crippen LogP) is 1.57. The van der Waals surface area contributed by atoms with Crippen LogP contribution in [0.3, 0.4) is 0 Å². The van der Waals surface area contributed by atoms with E-state index < -0.39 is 10.0 Å². The zero-order valence-electron chi connectivity index (χ0n) is 14.3. The Balaban J connectivity index is 1.76. The molecule has 3 rings (SSSR count). The van der Waals surface area contributed by atoms with E-state index in [-0.39, 0.29) is 17.3 Å². The number of nitrogens with zero attached hydrogens (tertiary/aromatic N) is 3. The van der Waals surface area contributed by atoms with Crippen LogP contribution in [0.25, 0.3) is 0 Å². The lowest BCUT2D eigenvalue weighted by Crippen LogP contribution is -2.47. The van der Waals surface area contributed by atoms with Gasteiger partial charge in [-0.3, -0.25) is 4.79 Å². The first-order valence-corrected chi connectivity index (χ1v) is 9.65. The van der Waals surface area contributed by atoms with Crippen molar-refractivity contribution >= 4 is 21.8 Å². The third kappa shape index (κ3) is 3.17. The molecule has 1 fully saturated rings. The molecule has 1 saturated heterocycles. The standard InChI is InChI=1S/C17H23N3O3S/c1-12-8-13(2)10-20(9-12)16(21)11-19(3)17-14-6-4-5-7-15(14)24(22,23)18-17/h4-7,12-13H,8-11H2,1-3H3. The zero-order valence-corrected chi connectivity index (χ0v) is 15.1. The van der Waals surface area contributed by atoms with Gasteiger partial charge in [-0.15, -0.1) is 4.40 Å². The molecule has 0 bridgehead atoms. The van der Waals surface area contributed by atoms with Crippen LogP contribution in [0.15, 0.2) is 33.6 Å². The van der Waals surface area contributed by atoms with E-state index in [2.05, 4.69) is 18.2 Å². The summed E-state index contributed by atoms with van der Waals surface area (Å²) in [5, 5.41) is 0. The number of likely N-dealkylation sites (N-methyl/N-ethyl adjacent to an activating group) is 1. The van der Waals surface area contributed by atoms with Crippen molar-refractivity contribution < 1.29 is 13.2 Å². The molecule has 2 heterocycles. The molecule has 1 amide bonds. The van der Waals surface area contributed by atoms with Crippen LogP contribution in [-0.2, 0) is 14.8 Å². The minimum atomic E-state index is -3.66. The number of likely N-dealkylation sites (tertiary alicyclic amines) is 1. The summed E-state index contributed by atoms with van der Waals surface area (Å²) in [6.07, 6.45) is 1.14. The Morgan fingerprint density at radius 3 is 2.54 bits per heavy atom. The third-order valence-electron chi connectivity index (χ3n) is 4.57. The Kier molecular flexibility index (Phi) is 4.38. The lowest BCUT2D eigenvalue weighted by atomic mass is 9.92. The van der Waals surface area contributed by atoms with Gasteiger partial charge >= 0.3 is 0 Å². The Labute approximate surface area is 143 Å². The number of carbonyl (C=O) groups is 1. The summed E-state index contributed by atoms with van der Waals surface area (Å²) in [6, 6.07) is 6.73. The second-order valence-electron chi connectivity index (χ2n) is 6.99. The van der Waals surface area contributed by atoms with Gasteiger partial charge < -0.3 is 9.80 Å². The normalized spacial score (nSPS) is 25.1. The van der Waals surface area contributed by atoms with Crippen LogP contribution < -0.4 is 0 Å². The van der Waals surface area contributed by atoms with Gasteiger partial charge in [-0.25, -0.2) is 0 Å². The second kappa shape index (κ2) is 6.20. The summed E-state index contributed by atoms with van der Waals surface area (Å²) in [6.45, 7) is 5.96. The number of fused-ring (bicyclic) bond motifs is 1. The molecular formula is C17H23N3O3S. The molecule has 0 aromatic heterocycles. The van der Waals surface area contributed by atoms with Gasteiger partial charge in [0.1, 0.15) is 4.90 Å². The molecule has 2 aliphatic heterocycles. The molecule has 130 valence electrons. The molecule has 6 nitrogen and oxygen atoms in total. The molecular weight excluding hydrogens is 326 g/mol. The summed E-state index contributed by atoms with van der Waals surface area (Å²) in [4.78, 5) is 16.3. The largest absolute Gasteiger partial charge is 0.349 e. The lowest BCUT2D eigenvalue weighted by Gasteiger charge is -2.36. The summed E-state index contributed by atoms with van der Waals surface area (Å²) in [5.74, 6) is 1.35. The fraction of sp³-hybridized carbons (Fsp3) is 0.529. The van der Waals surface area contributed by atoms with Crippen LogP contribution in [0.1, 0.15) is 25.8 Å². The Bertz CT molecular complexity index is 778. The molecule has 0 radical (unpaired) electrons. The summed E-state index contributed by atoms with van der Waals surface area (Å²) >= 11 is 0. The van der Waals surface area contributed by atoms with Gasteiger partial charge in [-0.2, -0.15) is 8.42 Å². The van der Waals surface area contributed by atoms with Gasteiger partial charge in [-0.1, -0.05) is 26.0 Å². The monoisotopic (exact) mass is 349 g/mol. The van der Waals surface area contributed by atoms with Crippen LogP contribution >= 0.6 is 0 Å². The molecule has 2 unspecified atom stereocenters. The van der Waals surface area contributed by atoms with Gasteiger partial charge in [-0.05, 0) is 30.4 Å². The van der Waals surface area contributed by atoms with Gasteiger partial charge in [0.05, 0.1) is 6.54 Å². The number of hydrogen-bond donors (Lipinski definition) is 0. The van der Waals surface area contributed by atoms with Crippen molar-refractivity contribution in [3.8, 4) is 0 Å². The molecule has 0 saturated carbocycles. The van der Waals surface area contributed by atoms with Gasteiger partial charge in [0.25, 0.3) is 10.0 Å². The lowest BCUT2D eigenvalue weighted by molar-refractivity contribution is -0.134. The van der Waals surface area contributed by atoms with Gasteiger partial charge in [0.15, 0.2) is 5.84 Å². The molecule has 7 heteroatoms. The Morgan fingerprint density at radius 2 is 1.88 bits per heavy atom. The minimum Gasteiger partial charge on any atom is -0.349 e. The number of rotatable bonds is 2. The first-order chi connectivity index (χ1) is 11.3. The first-order valence-electron chi connectivity index (χ1n) is 8.21. The topological polar surface area (TPSA) is 70.1 Å². The van der Waals surface area contributed by atoms with Crippen LogP contribution in [0, 0.1) is 11.8 Å². The fourth-order valence-corrected chi connectivity index (χ4v) is 4.86. The average molecular weight is 349 g/mol. The van der Waals surface area contributed by atoms with E-state index in [1.165, 1.54) is 0 Å². The van der Waals surface area contributed by atoms with E-state index in [0.29, 0.717) is 23.2 Å². The molecule has 0 N–H and O–H groups in total. The summed E-state index contributed by atoms with van der Waals surface area (Å²) in [5.41, 5.74) is 0.563. The van der Waals surface area contributed by atoms with Crippen molar-refractivity contribution in [1.29, 1.82) is 0 Å². The summed E-state index contributed by atoms with van der Waals surface area (Å²) < 4.78 is 28.1. The average Bonchev–Trinajstić information content (AvgIpc) is 2.78. The maximum Gasteiger partial charge on any atom is 0.285 e. The van der Waals surface area contributed by atoms with Crippen LogP contribution in [-0.4, -0.2) is 56.6 Å². The highest BCUT2D eigenvalue weighted by Gasteiger charge is 2.32. The predicted molar refractivity (Wildman–Crippen MR) is 92.3 cm³/mol. The molecule has 2 atom stereocenters. The maximum atomic E-state index is 12.6. The van der Waals surface area contributed by atoms with Gasteiger partial charge in [0, 0.05) is 25.7 Å². The first kappa shape index (κ1) is 17.0. The molecule has 2 aliphatic rings. The van der Waals surface area contributed by atoms with Crippen molar-refractivity contribution in [3.05, 3.63) is 29.8 Å². The smallest absolute Gasteiger partial charge is 0.285 e. The SMILES string of the molecule is CC1CC(C)CN(C(=O)CN(C)C2=NS(=O)(=O)c3ccccc32)C1. The molecule has 24 heavy (non-hydrogen) atoms. The van der Waals surface area contributed by atoms with E-state index in [1.54, 1.807) is 36.2 Å². The van der Waals surface area contributed by atoms with E-state index >= 15 is 0 Å². The fourth-order valence-electron chi connectivity index (χ4n) is 3.61. The number of sulfonamides is 1. The molecule has 0 aliphatic carbocycles. The Morgan fingerprint density at radius 1 is 1.25 bits per heavy atom. The Hall–Kier alpha value is -1.89. The summed E-state index contributed by atoms with van der Waals surface area (Å²) in [7, 11) is -1.94. The van der Waals surface area contributed by atoms with Crippen LogP contribution in [0.2, 0.25) is 0 Å². The number of amides is 1. The van der Waals surface area contributed by atoms with E-state index in [9.17, 15) is 13.2 Å². The number of benzene rings is 1. The van der Waals surface area contributed by atoms with Crippen molar-refractivity contribution in [2.45, 2.75) is 25.2 Å². The third-order valence-corrected chi connectivity index (χ3v) is 5.89. The number of hydrogen-bond acceptors (Lipinski definition) is 4. The number of carbonyl (C=O) groups excluding carboxylic acids is 1. The van der Waals surface area contributed by atoms with Crippen molar-refractivity contribution in [2.75, 3.05) is 26.7 Å². The highest BCUT2D eigenvalue weighted by atomic mass is 32.2. The number of amidine groups is 1. The minimum absolute atomic E-state index is 0.0142. The highest BCUT2D eigenvalue weighted by Crippen LogP contribution is 2.27. The van der Waals surface area contributed by atoms with Crippen molar-refractivity contribution in [1.82, 2.24) is 9.80 Å². The number of piperidine rings is 1. The van der Waals surface area contributed by atoms with E-state index in [0.717, 1.165) is 19.5 Å². The van der Waals surface area contributed by atoms with Crippen LogP contribution in [0.4, 0.5) is 0 Å². The van der Waals surface area contributed by atoms with E-state index in [1.807, 2.05) is 4.90 Å². The van der Waals surface area contributed by atoms with Crippen molar-refractivity contribution in [2.24, 2.45) is 16.2 Å². The molecule has 1 aromatic rings. The zero-order chi connectivity index (χ0) is 17.5. The van der Waals surface area contributed by atoms with Crippen LogP contribution in [0.5, 0.6) is 0 Å². The highest BCUT2D eigenvalue weighted by molar-refractivity contribution is 7.90. The maximum absolute atomic E-state index is 12.6. The van der Waals surface area contributed by atoms with E-state index in [4.69, 9.17) is 0 Å². The molecule has 1 aromatic carbocycles. The molecule has 0 spiro atoms.